The molecule has 0 fully saturated rings. The molecular weight excluding hydrogens is 406 g/mol. The number of aryl methyl sites for hydroxylation is 2. The number of nitrogens with zero attached hydrogens (tertiary/aromatic N) is 3. The van der Waals surface area contributed by atoms with Crippen LogP contribution in [0.15, 0.2) is 66.3 Å². The van der Waals surface area contributed by atoms with Crippen LogP contribution in [-0.2, 0) is 0 Å². The van der Waals surface area contributed by atoms with Crippen molar-refractivity contribution in [3.05, 3.63) is 88.6 Å². The standard InChI is InChI=1S/C24H19N5OS/c1-15-4-6-20(11-19(15)13-25)27-23(30)18-5-3-16(2)21(12-18)28-24-29-22(14-31-24)17-7-9-26-10-8-17/h3-12,14H,1-2H3,(H,27,30)(H,28,29). The van der Waals surface area contributed by atoms with Crippen LogP contribution in [0.2, 0.25) is 0 Å². The third-order valence-electron chi connectivity index (χ3n) is 4.84. The van der Waals surface area contributed by atoms with E-state index in [0.29, 0.717) is 16.8 Å². The van der Waals surface area contributed by atoms with Crippen molar-refractivity contribution in [2.75, 3.05) is 10.6 Å². The number of pyridine rings is 1. The van der Waals surface area contributed by atoms with Crippen LogP contribution in [0, 0.1) is 25.2 Å². The van der Waals surface area contributed by atoms with Gasteiger partial charge in [0.05, 0.1) is 17.3 Å². The third-order valence-corrected chi connectivity index (χ3v) is 5.60. The van der Waals surface area contributed by atoms with Gasteiger partial charge >= 0.3 is 0 Å². The van der Waals surface area contributed by atoms with E-state index in [-0.39, 0.29) is 5.91 Å². The maximum Gasteiger partial charge on any atom is 0.255 e. The zero-order valence-electron chi connectivity index (χ0n) is 17.0. The number of rotatable bonds is 5. The van der Waals surface area contributed by atoms with Crippen LogP contribution < -0.4 is 10.6 Å². The average Bonchev–Trinajstić information content (AvgIpc) is 3.25. The lowest BCUT2D eigenvalue weighted by molar-refractivity contribution is 0.102. The molecule has 0 saturated carbocycles. The number of carbonyl (C=O) groups excluding carboxylic acids is 1. The van der Waals surface area contributed by atoms with Gasteiger partial charge in [0.25, 0.3) is 5.91 Å². The number of aromatic nitrogens is 2. The molecule has 2 heterocycles. The minimum Gasteiger partial charge on any atom is -0.331 e. The second-order valence-electron chi connectivity index (χ2n) is 7.02. The maximum absolute atomic E-state index is 12.8. The Bertz CT molecular complexity index is 1290. The first-order chi connectivity index (χ1) is 15.0. The highest BCUT2D eigenvalue weighted by molar-refractivity contribution is 7.14. The number of nitriles is 1. The van der Waals surface area contributed by atoms with E-state index in [1.807, 2.05) is 43.5 Å². The molecule has 0 spiro atoms. The van der Waals surface area contributed by atoms with Crippen LogP contribution in [0.5, 0.6) is 0 Å². The normalized spacial score (nSPS) is 10.4. The second-order valence-corrected chi connectivity index (χ2v) is 7.88. The fraction of sp³-hybridized carbons (Fsp3) is 0.0833. The summed E-state index contributed by atoms with van der Waals surface area (Å²) in [7, 11) is 0. The molecule has 2 aromatic heterocycles. The summed E-state index contributed by atoms with van der Waals surface area (Å²) >= 11 is 1.50. The molecule has 2 aromatic carbocycles. The van der Waals surface area contributed by atoms with Gasteiger partial charge < -0.3 is 10.6 Å². The molecule has 31 heavy (non-hydrogen) atoms. The molecule has 0 aliphatic rings. The first kappa shape index (κ1) is 20.3. The predicted octanol–water partition coefficient (Wildman–Crippen LogP) is 5.69. The van der Waals surface area contributed by atoms with Crippen LogP contribution in [0.4, 0.5) is 16.5 Å². The smallest absolute Gasteiger partial charge is 0.255 e. The molecule has 0 atom stereocenters. The van der Waals surface area contributed by atoms with Crippen molar-refractivity contribution >= 4 is 33.8 Å². The molecule has 4 aromatic rings. The molecular formula is C24H19N5OS. The van der Waals surface area contributed by atoms with E-state index in [1.54, 1.807) is 36.7 Å². The highest BCUT2D eigenvalue weighted by Crippen LogP contribution is 2.28. The second kappa shape index (κ2) is 8.78. The summed E-state index contributed by atoms with van der Waals surface area (Å²) < 4.78 is 0. The van der Waals surface area contributed by atoms with E-state index in [0.717, 1.165) is 33.2 Å². The highest BCUT2D eigenvalue weighted by atomic mass is 32.1. The maximum atomic E-state index is 12.8. The Morgan fingerprint density at radius 3 is 2.58 bits per heavy atom. The van der Waals surface area contributed by atoms with Crippen molar-refractivity contribution < 1.29 is 4.79 Å². The number of benzene rings is 2. The zero-order valence-corrected chi connectivity index (χ0v) is 17.8. The molecule has 7 heteroatoms. The Hall–Kier alpha value is -4.02. The predicted molar refractivity (Wildman–Crippen MR) is 124 cm³/mol. The van der Waals surface area contributed by atoms with Gasteiger partial charge in [-0.2, -0.15) is 5.26 Å². The first-order valence-corrected chi connectivity index (χ1v) is 10.5. The fourth-order valence-electron chi connectivity index (χ4n) is 3.02. The summed E-state index contributed by atoms with van der Waals surface area (Å²) in [4.78, 5) is 21.4. The number of anilines is 3. The Balaban J connectivity index is 1.53. The van der Waals surface area contributed by atoms with Crippen molar-refractivity contribution in [3.63, 3.8) is 0 Å². The van der Waals surface area contributed by atoms with Gasteiger partial charge in [-0.25, -0.2) is 4.98 Å². The van der Waals surface area contributed by atoms with E-state index in [2.05, 4.69) is 26.7 Å². The van der Waals surface area contributed by atoms with Gasteiger partial charge in [0.2, 0.25) is 0 Å². The third kappa shape index (κ3) is 4.60. The zero-order chi connectivity index (χ0) is 21.8. The molecule has 0 aliphatic heterocycles. The van der Waals surface area contributed by atoms with E-state index in [4.69, 9.17) is 0 Å². The number of amides is 1. The van der Waals surface area contributed by atoms with Gasteiger partial charge in [-0.1, -0.05) is 12.1 Å². The topological polar surface area (TPSA) is 90.7 Å². The summed E-state index contributed by atoms with van der Waals surface area (Å²) in [5.74, 6) is -0.243. The van der Waals surface area contributed by atoms with Gasteiger partial charge in [0.1, 0.15) is 0 Å². The molecule has 0 bridgehead atoms. The molecule has 152 valence electrons. The number of hydrogen-bond acceptors (Lipinski definition) is 6. The molecule has 4 rings (SSSR count). The molecule has 0 unspecified atom stereocenters. The minimum absolute atomic E-state index is 0.243. The van der Waals surface area contributed by atoms with Crippen LogP contribution in [0.25, 0.3) is 11.3 Å². The van der Waals surface area contributed by atoms with Gasteiger partial charge in [0.15, 0.2) is 5.13 Å². The van der Waals surface area contributed by atoms with Crippen molar-refractivity contribution in [2.45, 2.75) is 13.8 Å². The Morgan fingerprint density at radius 2 is 1.81 bits per heavy atom. The number of carbonyl (C=O) groups is 1. The van der Waals surface area contributed by atoms with Gasteiger partial charge in [-0.15, -0.1) is 11.3 Å². The molecule has 6 nitrogen and oxygen atoms in total. The Morgan fingerprint density at radius 1 is 1.03 bits per heavy atom. The molecule has 0 saturated heterocycles. The van der Waals surface area contributed by atoms with E-state index in [1.165, 1.54) is 11.3 Å². The summed E-state index contributed by atoms with van der Waals surface area (Å²) in [6, 6.07) is 16.7. The molecule has 0 radical (unpaired) electrons. The van der Waals surface area contributed by atoms with E-state index in [9.17, 15) is 10.1 Å². The van der Waals surface area contributed by atoms with Crippen LogP contribution in [0.1, 0.15) is 27.0 Å². The van der Waals surface area contributed by atoms with Crippen LogP contribution >= 0.6 is 11.3 Å². The summed E-state index contributed by atoms with van der Waals surface area (Å²) in [6.07, 6.45) is 3.48. The fourth-order valence-corrected chi connectivity index (χ4v) is 3.75. The lowest BCUT2D eigenvalue weighted by atomic mass is 10.1. The van der Waals surface area contributed by atoms with Crippen molar-refractivity contribution in [2.24, 2.45) is 0 Å². The summed E-state index contributed by atoms with van der Waals surface area (Å²) in [6.45, 7) is 3.83. The van der Waals surface area contributed by atoms with Gasteiger partial charge in [0, 0.05) is 40.3 Å². The number of hydrogen-bond donors (Lipinski definition) is 2. The van der Waals surface area contributed by atoms with Crippen molar-refractivity contribution in [3.8, 4) is 17.3 Å². The monoisotopic (exact) mass is 425 g/mol. The van der Waals surface area contributed by atoms with Gasteiger partial charge in [-0.3, -0.25) is 9.78 Å². The average molecular weight is 426 g/mol. The Labute approximate surface area is 184 Å². The number of nitrogens with one attached hydrogen (secondary N) is 2. The van der Waals surface area contributed by atoms with Crippen molar-refractivity contribution in [1.82, 2.24) is 9.97 Å². The highest BCUT2D eigenvalue weighted by Gasteiger charge is 2.11. The van der Waals surface area contributed by atoms with Crippen molar-refractivity contribution in [1.29, 1.82) is 5.26 Å². The number of thiazole rings is 1. The minimum atomic E-state index is -0.243. The summed E-state index contributed by atoms with van der Waals surface area (Å²) in [5, 5.41) is 18.1. The molecule has 0 aliphatic carbocycles. The van der Waals surface area contributed by atoms with E-state index < -0.39 is 0 Å². The van der Waals surface area contributed by atoms with Gasteiger partial charge in [-0.05, 0) is 61.4 Å². The summed E-state index contributed by atoms with van der Waals surface area (Å²) in [5.41, 5.74) is 6.19. The first-order valence-electron chi connectivity index (χ1n) is 9.59. The lowest BCUT2D eigenvalue weighted by Gasteiger charge is -2.11. The molecule has 2 N–H and O–H groups in total. The van der Waals surface area contributed by atoms with Crippen LogP contribution in [0.3, 0.4) is 0 Å². The Kier molecular flexibility index (Phi) is 5.74. The quantitative estimate of drug-likeness (QED) is 0.429. The SMILES string of the molecule is Cc1ccc(NC(=O)c2ccc(C)c(Nc3nc(-c4ccncc4)cs3)c2)cc1C#N. The van der Waals surface area contributed by atoms with E-state index >= 15 is 0 Å². The van der Waals surface area contributed by atoms with Crippen LogP contribution in [-0.4, -0.2) is 15.9 Å². The molecule has 1 amide bonds. The lowest BCUT2D eigenvalue weighted by Crippen LogP contribution is -2.12. The largest absolute Gasteiger partial charge is 0.331 e.